The SMILES string of the molecule is CNC(=O)OC1CCN(c2cccc3c2OC(C)(C)CN3C2CCC(=O)NC2=O)CC1. The molecule has 1 unspecified atom stereocenters. The predicted octanol–water partition coefficient (Wildman–Crippen LogP) is 1.79. The average Bonchev–Trinajstić information content (AvgIpc) is 2.73. The Kier molecular flexibility index (Phi) is 5.68. The molecule has 4 rings (SSSR count). The van der Waals surface area contributed by atoms with Crippen molar-refractivity contribution in [2.45, 2.75) is 57.3 Å². The van der Waals surface area contributed by atoms with Gasteiger partial charge < -0.3 is 24.6 Å². The molecule has 3 aliphatic rings. The minimum atomic E-state index is -0.495. The van der Waals surface area contributed by atoms with Crippen LogP contribution in [0.2, 0.25) is 0 Å². The molecule has 0 saturated carbocycles. The summed E-state index contributed by atoms with van der Waals surface area (Å²) in [6, 6.07) is 5.57. The van der Waals surface area contributed by atoms with Crippen molar-refractivity contribution in [3.05, 3.63) is 18.2 Å². The number of ether oxygens (including phenoxy) is 2. The predicted molar refractivity (Wildman–Crippen MR) is 115 cm³/mol. The second-order valence-electron chi connectivity index (χ2n) is 8.92. The van der Waals surface area contributed by atoms with Crippen LogP contribution in [0, 0.1) is 0 Å². The first-order valence-corrected chi connectivity index (χ1v) is 10.8. The highest BCUT2D eigenvalue weighted by Crippen LogP contribution is 2.46. The number of anilines is 2. The number of fused-ring (bicyclic) bond motifs is 1. The quantitative estimate of drug-likeness (QED) is 0.705. The third-order valence-electron chi connectivity index (χ3n) is 6.06. The van der Waals surface area contributed by atoms with Crippen molar-refractivity contribution in [2.24, 2.45) is 0 Å². The zero-order chi connectivity index (χ0) is 22.2. The molecule has 1 aromatic carbocycles. The Morgan fingerprint density at radius 3 is 2.58 bits per heavy atom. The maximum Gasteiger partial charge on any atom is 0.407 e. The van der Waals surface area contributed by atoms with Gasteiger partial charge in [-0.2, -0.15) is 0 Å². The summed E-state index contributed by atoms with van der Waals surface area (Å²) < 4.78 is 11.8. The summed E-state index contributed by atoms with van der Waals surface area (Å²) in [5, 5.41) is 4.96. The second kappa shape index (κ2) is 8.28. The van der Waals surface area contributed by atoms with Gasteiger partial charge in [-0.05, 0) is 32.4 Å². The fraction of sp³-hybridized carbons (Fsp3) is 0.591. The second-order valence-corrected chi connectivity index (χ2v) is 8.92. The minimum Gasteiger partial charge on any atom is -0.482 e. The van der Waals surface area contributed by atoms with E-state index in [1.807, 2.05) is 32.0 Å². The van der Waals surface area contributed by atoms with Crippen molar-refractivity contribution >= 4 is 29.3 Å². The number of nitrogens with one attached hydrogen (secondary N) is 2. The van der Waals surface area contributed by atoms with Gasteiger partial charge in [0.05, 0.1) is 17.9 Å². The maximum atomic E-state index is 12.6. The van der Waals surface area contributed by atoms with Crippen LogP contribution in [0.5, 0.6) is 5.75 Å². The van der Waals surface area contributed by atoms with Crippen molar-refractivity contribution in [3.63, 3.8) is 0 Å². The monoisotopic (exact) mass is 430 g/mol. The molecule has 2 N–H and O–H groups in total. The number of hydrogen-bond donors (Lipinski definition) is 2. The zero-order valence-corrected chi connectivity index (χ0v) is 18.3. The lowest BCUT2D eigenvalue weighted by atomic mass is 9.97. The summed E-state index contributed by atoms with van der Waals surface area (Å²) in [5.41, 5.74) is 1.35. The van der Waals surface area contributed by atoms with Gasteiger partial charge in [0.25, 0.3) is 0 Å². The van der Waals surface area contributed by atoms with Crippen LogP contribution >= 0.6 is 0 Å². The summed E-state index contributed by atoms with van der Waals surface area (Å²) in [6.07, 6.45) is 1.79. The number of para-hydroxylation sites is 1. The van der Waals surface area contributed by atoms with Crippen LogP contribution < -0.4 is 25.2 Å². The van der Waals surface area contributed by atoms with Crippen molar-refractivity contribution < 1.29 is 23.9 Å². The lowest BCUT2D eigenvalue weighted by Gasteiger charge is -2.46. The molecule has 168 valence electrons. The van der Waals surface area contributed by atoms with Gasteiger partial charge in [0.15, 0.2) is 5.75 Å². The van der Waals surface area contributed by atoms with Crippen molar-refractivity contribution in [1.82, 2.24) is 10.6 Å². The number of carbonyl (C=O) groups excluding carboxylic acids is 3. The molecule has 0 bridgehead atoms. The fourth-order valence-electron chi connectivity index (χ4n) is 4.58. The van der Waals surface area contributed by atoms with E-state index >= 15 is 0 Å². The first-order valence-electron chi connectivity index (χ1n) is 10.8. The van der Waals surface area contributed by atoms with E-state index in [1.54, 1.807) is 7.05 Å². The van der Waals surface area contributed by atoms with Crippen LogP contribution in [-0.2, 0) is 14.3 Å². The van der Waals surface area contributed by atoms with Crippen molar-refractivity contribution in [2.75, 3.05) is 36.5 Å². The summed E-state index contributed by atoms with van der Waals surface area (Å²) in [5.74, 6) is 0.288. The Hall–Kier alpha value is -2.97. The maximum absolute atomic E-state index is 12.6. The van der Waals surface area contributed by atoms with E-state index in [2.05, 4.69) is 20.4 Å². The van der Waals surface area contributed by atoms with E-state index in [9.17, 15) is 14.4 Å². The van der Waals surface area contributed by atoms with Gasteiger partial charge in [-0.3, -0.25) is 14.9 Å². The number of rotatable bonds is 3. The minimum absolute atomic E-state index is 0.104. The summed E-state index contributed by atoms with van der Waals surface area (Å²) in [4.78, 5) is 40.0. The van der Waals surface area contributed by atoms with Crippen LogP contribution in [0.25, 0.3) is 0 Å². The highest BCUT2D eigenvalue weighted by molar-refractivity contribution is 6.02. The standard InChI is InChI=1S/C22H30N4O5/c1-22(2)13-26(17-7-8-18(27)24-20(17)28)16-6-4-5-15(19(16)31-22)25-11-9-14(10-12-25)30-21(29)23-3/h4-6,14,17H,7-13H2,1-3H3,(H,23,29)(H,24,27,28). The molecule has 0 aliphatic carbocycles. The molecule has 0 radical (unpaired) electrons. The Morgan fingerprint density at radius 1 is 1.19 bits per heavy atom. The Morgan fingerprint density at radius 2 is 1.90 bits per heavy atom. The summed E-state index contributed by atoms with van der Waals surface area (Å²) in [7, 11) is 1.56. The number of piperidine rings is 2. The normalized spacial score (nSPS) is 23.5. The summed E-state index contributed by atoms with van der Waals surface area (Å²) >= 11 is 0. The third kappa shape index (κ3) is 4.40. The number of benzene rings is 1. The molecule has 3 aliphatic heterocycles. The van der Waals surface area contributed by atoms with Gasteiger partial charge in [0.1, 0.15) is 17.7 Å². The fourth-order valence-corrected chi connectivity index (χ4v) is 4.58. The molecule has 2 fully saturated rings. The van der Waals surface area contributed by atoms with Gasteiger partial charge in [-0.15, -0.1) is 0 Å². The lowest BCUT2D eigenvalue weighted by molar-refractivity contribution is -0.134. The largest absolute Gasteiger partial charge is 0.482 e. The summed E-state index contributed by atoms with van der Waals surface area (Å²) in [6.45, 7) is 6.04. The smallest absolute Gasteiger partial charge is 0.407 e. The molecule has 1 aromatic rings. The molecule has 1 atom stereocenters. The van der Waals surface area contributed by atoms with Gasteiger partial charge in [-0.1, -0.05) is 6.07 Å². The number of carbonyl (C=O) groups is 3. The molecule has 0 aromatic heterocycles. The molecular formula is C22H30N4O5. The molecule has 3 heterocycles. The van der Waals surface area contributed by atoms with Crippen LogP contribution in [-0.4, -0.2) is 62.3 Å². The molecule has 31 heavy (non-hydrogen) atoms. The van der Waals surface area contributed by atoms with E-state index in [1.165, 1.54) is 0 Å². The van der Waals surface area contributed by atoms with Crippen LogP contribution in [0.15, 0.2) is 18.2 Å². The molecule has 9 nitrogen and oxygen atoms in total. The van der Waals surface area contributed by atoms with Crippen LogP contribution in [0.1, 0.15) is 39.5 Å². The number of hydrogen-bond acceptors (Lipinski definition) is 7. The zero-order valence-electron chi connectivity index (χ0n) is 18.3. The number of imide groups is 1. The van der Waals surface area contributed by atoms with Crippen molar-refractivity contribution in [3.8, 4) is 5.75 Å². The Balaban J connectivity index is 1.58. The van der Waals surface area contributed by atoms with Crippen LogP contribution in [0.3, 0.4) is 0 Å². The van der Waals surface area contributed by atoms with E-state index in [4.69, 9.17) is 9.47 Å². The van der Waals surface area contributed by atoms with Gasteiger partial charge in [-0.25, -0.2) is 4.79 Å². The van der Waals surface area contributed by atoms with Gasteiger partial charge in [0.2, 0.25) is 11.8 Å². The van der Waals surface area contributed by atoms with Gasteiger partial charge >= 0.3 is 6.09 Å². The topological polar surface area (TPSA) is 100 Å². The van der Waals surface area contributed by atoms with Crippen LogP contribution in [0.4, 0.5) is 16.2 Å². The van der Waals surface area contributed by atoms with E-state index < -0.39 is 17.7 Å². The first-order chi connectivity index (χ1) is 14.8. The molecule has 0 spiro atoms. The molecule has 2 saturated heterocycles. The average molecular weight is 431 g/mol. The first kappa shape index (κ1) is 21.3. The van der Waals surface area contributed by atoms with E-state index in [0.717, 1.165) is 43.1 Å². The van der Waals surface area contributed by atoms with E-state index in [-0.39, 0.29) is 17.9 Å². The third-order valence-corrected chi connectivity index (χ3v) is 6.06. The number of amides is 3. The van der Waals surface area contributed by atoms with Crippen molar-refractivity contribution in [1.29, 1.82) is 0 Å². The highest BCUT2D eigenvalue weighted by atomic mass is 16.6. The Bertz CT molecular complexity index is 879. The molecular weight excluding hydrogens is 400 g/mol. The molecule has 3 amide bonds. The van der Waals surface area contributed by atoms with E-state index in [0.29, 0.717) is 19.4 Å². The Labute approximate surface area is 182 Å². The van der Waals surface area contributed by atoms with Gasteiger partial charge in [0, 0.05) is 39.4 Å². The number of nitrogens with zero attached hydrogens (tertiary/aromatic N) is 2. The lowest BCUT2D eigenvalue weighted by Crippen LogP contribution is -2.58. The molecule has 9 heteroatoms. The highest BCUT2D eigenvalue weighted by Gasteiger charge is 2.41. The number of alkyl carbamates (subject to hydrolysis) is 1.